The quantitative estimate of drug-likeness (QED) is 0.593. The predicted molar refractivity (Wildman–Crippen MR) is 52.7 cm³/mol. The molecule has 0 amide bonds. The maximum absolute atomic E-state index is 8.87. The second-order valence-electron chi connectivity index (χ2n) is 4.22. The van der Waals surface area contributed by atoms with Crippen molar-refractivity contribution in [1.82, 2.24) is 10.2 Å². The van der Waals surface area contributed by atoms with Crippen molar-refractivity contribution < 1.29 is 5.11 Å². The Labute approximate surface area is 80.1 Å². The third-order valence-corrected chi connectivity index (χ3v) is 2.86. The molecule has 0 bridgehead atoms. The maximum atomic E-state index is 8.87. The monoisotopic (exact) mass is 184 g/mol. The van der Waals surface area contributed by atoms with Crippen molar-refractivity contribution in [2.75, 3.05) is 26.2 Å². The van der Waals surface area contributed by atoms with E-state index in [4.69, 9.17) is 5.11 Å². The minimum absolute atomic E-state index is 0.305. The number of hydrogen-bond donors (Lipinski definition) is 2. The van der Waals surface area contributed by atoms with Gasteiger partial charge in [-0.2, -0.15) is 0 Å². The molecule has 13 heavy (non-hydrogen) atoms. The Morgan fingerprint density at radius 2 is 1.92 bits per heavy atom. The molecule has 2 aliphatic rings. The van der Waals surface area contributed by atoms with Crippen LogP contribution in [0.3, 0.4) is 0 Å². The molecule has 0 saturated heterocycles. The lowest BCUT2D eigenvalue weighted by Gasteiger charge is -2.20. The summed E-state index contributed by atoms with van der Waals surface area (Å²) in [5, 5.41) is 12.4. The molecule has 0 aromatic carbocycles. The molecule has 0 aromatic rings. The average molecular weight is 184 g/mol. The first kappa shape index (κ1) is 9.44. The summed E-state index contributed by atoms with van der Waals surface area (Å²) in [6.07, 6.45) is 5.40. The first-order valence-electron chi connectivity index (χ1n) is 5.48. The molecule has 3 nitrogen and oxygen atoms in total. The third kappa shape index (κ3) is 3.25. The van der Waals surface area contributed by atoms with E-state index in [1.807, 2.05) is 0 Å². The van der Waals surface area contributed by atoms with Gasteiger partial charge in [0, 0.05) is 31.7 Å². The van der Waals surface area contributed by atoms with E-state index in [0.717, 1.165) is 31.7 Å². The van der Waals surface area contributed by atoms with E-state index in [2.05, 4.69) is 10.2 Å². The molecular formula is C10H20N2O. The molecule has 2 fully saturated rings. The van der Waals surface area contributed by atoms with Gasteiger partial charge in [0.2, 0.25) is 0 Å². The molecule has 0 unspecified atom stereocenters. The molecule has 2 N–H and O–H groups in total. The lowest BCUT2D eigenvalue weighted by Crippen LogP contribution is -2.36. The normalized spacial score (nSPS) is 22.6. The van der Waals surface area contributed by atoms with Crippen molar-refractivity contribution in [3.8, 4) is 0 Å². The van der Waals surface area contributed by atoms with Crippen molar-refractivity contribution in [1.29, 1.82) is 0 Å². The minimum atomic E-state index is 0.305. The number of aliphatic hydroxyl groups is 1. The van der Waals surface area contributed by atoms with Gasteiger partial charge in [0.1, 0.15) is 0 Å². The number of aliphatic hydroxyl groups excluding tert-OH is 1. The fourth-order valence-corrected chi connectivity index (χ4v) is 1.74. The van der Waals surface area contributed by atoms with Gasteiger partial charge in [-0.3, -0.25) is 4.90 Å². The van der Waals surface area contributed by atoms with Crippen molar-refractivity contribution in [2.24, 2.45) is 0 Å². The zero-order valence-corrected chi connectivity index (χ0v) is 8.21. The Bertz CT molecular complexity index is 155. The molecule has 3 heteroatoms. The number of hydrogen-bond acceptors (Lipinski definition) is 3. The second kappa shape index (κ2) is 4.40. The smallest absolute Gasteiger partial charge is 0.0558 e. The van der Waals surface area contributed by atoms with Crippen LogP contribution < -0.4 is 5.32 Å². The highest BCUT2D eigenvalue weighted by molar-refractivity contribution is 4.86. The molecule has 0 aromatic heterocycles. The molecule has 0 aliphatic heterocycles. The second-order valence-corrected chi connectivity index (χ2v) is 4.22. The summed E-state index contributed by atoms with van der Waals surface area (Å²) >= 11 is 0. The lowest BCUT2D eigenvalue weighted by molar-refractivity contribution is 0.189. The molecule has 2 rings (SSSR count). The van der Waals surface area contributed by atoms with Gasteiger partial charge in [0.15, 0.2) is 0 Å². The molecule has 0 radical (unpaired) electrons. The van der Waals surface area contributed by atoms with Gasteiger partial charge in [0.05, 0.1) is 6.61 Å². The Morgan fingerprint density at radius 3 is 2.46 bits per heavy atom. The Morgan fingerprint density at radius 1 is 1.15 bits per heavy atom. The highest BCUT2D eigenvalue weighted by Gasteiger charge is 2.28. The average Bonchev–Trinajstić information content (AvgIpc) is 2.98. The largest absolute Gasteiger partial charge is 0.395 e. The Balaban J connectivity index is 1.57. The fraction of sp³-hybridized carbons (Fsp3) is 1.00. The molecular weight excluding hydrogens is 164 g/mol. The summed E-state index contributed by atoms with van der Waals surface area (Å²) < 4.78 is 0. The van der Waals surface area contributed by atoms with Crippen molar-refractivity contribution in [3.05, 3.63) is 0 Å². The number of nitrogens with one attached hydrogen (secondary N) is 1. The van der Waals surface area contributed by atoms with Crippen LogP contribution in [0.15, 0.2) is 0 Å². The highest BCUT2D eigenvalue weighted by Crippen LogP contribution is 2.26. The van der Waals surface area contributed by atoms with Crippen LogP contribution in [0.4, 0.5) is 0 Å². The van der Waals surface area contributed by atoms with E-state index >= 15 is 0 Å². The Hall–Kier alpha value is -0.120. The van der Waals surface area contributed by atoms with E-state index < -0.39 is 0 Å². The van der Waals surface area contributed by atoms with Crippen LogP contribution >= 0.6 is 0 Å². The van der Waals surface area contributed by atoms with Crippen LogP contribution in [-0.4, -0.2) is 48.3 Å². The topological polar surface area (TPSA) is 35.5 Å². The van der Waals surface area contributed by atoms with E-state index in [9.17, 15) is 0 Å². The summed E-state index contributed by atoms with van der Waals surface area (Å²) in [7, 11) is 0. The summed E-state index contributed by atoms with van der Waals surface area (Å²) in [5.41, 5.74) is 0. The van der Waals surface area contributed by atoms with Crippen molar-refractivity contribution in [2.45, 2.75) is 37.8 Å². The van der Waals surface area contributed by atoms with Crippen LogP contribution in [0, 0.1) is 0 Å². The van der Waals surface area contributed by atoms with Crippen molar-refractivity contribution >= 4 is 0 Å². The summed E-state index contributed by atoms with van der Waals surface area (Å²) in [6, 6.07) is 1.60. The van der Waals surface area contributed by atoms with Gasteiger partial charge >= 0.3 is 0 Å². The number of rotatable bonds is 7. The zero-order chi connectivity index (χ0) is 9.10. The maximum Gasteiger partial charge on any atom is 0.0558 e. The van der Waals surface area contributed by atoms with Gasteiger partial charge in [-0.1, -0.05) is 0 Å². The van der Waals surface area contributed by atoms with E-state index in [0.29, 0.717) is 6.61 Å². The first-order chi connectivity index (χ1) is 6.40. The Kier molecular flexibility index (Phi) is 3.19. The van der Waals surface area contributed by atoms with Crippen LogP contribution in [-0.2, 0) is 0 Å². The molecule has 76 valence electrons. The summed E-state index contributed by atoms with van der Waals surface area (Å²) in [4.78, 5) is 2.41. The standard InChI is InChI=1S/C10H20N2O/c13-8-7-12(10-3-4-10)6-5-11-9-1-2-9/h9-11,13H,1-8H2. The van der Waals surface area contributed by atoms with E-state index in [-0.39, 0.29) is 0 Å². The molecule has 0 heterocycles. The first-order valence-corrected chi connectivity index (χ1v) is 5.48. The van der Waals surface area contributed by atoms with Crippen LogP contribution in [0.1, 0.15) is 25.7 Å². The fourth-order valence-electron chi connectivity index (χ4n) is 1.74. The summed E-state index contributed by atoms with van der Waals surface area (Å²) in [6.45, 7) is 3.37. The van der Waals surface area contributed by atoms with Crippen LogP contribution in [0.5, 0.6) is 0 Å². The number of nitrogens with zero attached hydrogens (tertiary/aromatic N) is 1. The SMILES string of the molecule is OCCN(CCNC1CC1)C1CC1. The van der Waals surface area contributed by atoms with Gasteiger partial charge in [-0.15, -0.1) is 0 Å². The molecule has 0 spiro atoms. The van der Waals surface area contributed by atoms with E-state index in [1.54, 1.807) is 0 Å². The van der Waals surface area contributed by atoms with Gasteiger partial charge < -0.3 is 10.4 Å². The third-order valence-electron chi connectivity index (χ3n) is 2.86. The van der Waals surface area contributed by atoms with Crippen LogP contribution in [0.25, 0.3) is 0 Å². The van der Waals surface area contributed by atoms with Crippen molar-refractivity contribution in [3.63, 3.8) is 0 Å². The van der Waals surface area contributed by atoms with Gasteiger partial charge in [-0.25, -0.2) is 0 Å². The predicted octanol–water partition coefficient (Wildman–Crippen LogP) is 0.195. The highest BCUT2D eigenvalue weighted by atomic mass is 16.3. The van der Waals surface area contributed by atoms with Gasteiger partial charge in [0.25, 0.3) is 0 Å². The molecule has 2 aliphatic carbocycles. The zero-order valence-electron chi connectivity index (χ0n) is 8.21. The lowest BCUT2D eigenvalue weighted by atomic mass is 10.4. The van der Waals surface area contributed by atoms with E-state index in [1.165, 1.54) is 25.7 Å². The minimum Gasteiger partial charge on any atom is -0.395 e. The summed E-state index contributed by atoms with van der Waals surface area (Å²) in [5.74, 6) is 0. The molecule has 2 saturated carbocycles. The van der Waals surface area contributed by atoms with Gasteiger partial charge in [-0.05, 0) is 25.7 Å². The van der Waals surface area contributed by atoms with Crippen LogP contribution in [0.2, 0.25) is 0 Å². The molecule has 0 atom stereocenters.